The fourth-order valence-corrected chi connectivity index (χ4v) is 4.12. The van der Waals surface area contributed by atoms with Crippen molar-refractivity contribution in [3.63, 3.8) is 0 Å². The highest BCUT2D eigenvalue weighted by atomic mass is 35.5. The van der Waals surface area contributed by atoms with Crippen molar-refractivity contribution in [3.8, 4) is 0 Å². The first kappa shape index (κ1) is 21.5. The molecule has 7 nitrogen and oxygen atoms in total. The molecule has 31 heavy (non-hydrogen) atoms. The van der Waals surface area contributed by atoms with Gasteiger partial charge in [0.25, 0.3) is 0 Å². The summed E-state index contributed by atoms with van der Waals surface area (Å²) in [7, 11) is 0. The number of carbonyl (C=O) groups is 1. The predicted octanol–water partition coefficient (Wildman–Crippen LogP) is 3.44. The van der Waals surface area contributed by atoms with E-state index in [4.69, 9.17) is 21.3 Å². The lowest BCUT2D eigenvalue weighted by atomic mass is 10.0. The molecule has 162 valence electrons. The van der Waals surface area contributed by atoms with Gasteiger partial charge < -0.3 is 9.64 Å². The minimum atomic E-state index is -0.255. The molecule has 0 unspecified atom stereocenters. The zero-order valence-electron chi connectivity index (χ0n) is 18.0. The molecule has 1 fully saturated rings. The van der Waals surface area contributed by atoms with Crippen molar-refractivity contribution in [2.75, 3.05) is 19.7 Å². The molecule has 0 N–H and O–H groups in total. The second-order valence-electron chi connectivity index (χ2n) is 7.91. The van der Waals surface area contributed by atoms with Crippen LogP contribution in [0.5, 0.6) is 0 Å². The van der Waals surface area contributed by atoms with Crippen LogP contribution in [-0.2, 0) is 22.5 Å². The smallest absolute Gasteiger partial charge is 0.244 e. The van der Waals surface area contributed by atoms with Crippen LogP contribution in [0, 0.1) is 20.8 Å². The number of halogens is 1. The molecule has 1 atom stereocenters. The van der Waals surface area contributed by atoms with Gasteiger partial charge in [0.1, 0.15) is 24.3 Å². The average molecular weight is 440 g/mol. The van der Waals surface area contributed by atoms with Crippen molar-refractivity contribution in [2.45, 2.75) is 39.8 Å². The Kier molecular flexibility index (Phi) is 6.34. The third-order valence-corrected chi connectivity index (χ3v) is 5.56. The summed E-state index contributed by atoms with van der Waals surface area (Å²) in [6.45, 7) is 7.34. The molecule has 0 spiro atoms. The lowest BCUT2D eigenvalue weighted by molar-refractivity contribution is -0.140. The van der Waals surface area contributed by atoms with E-state index in [1.165, 1.54) is 0 Å². The van der Waals surface area contributed by atoms with Crippen LogP contribution in [0.2, 0.25) is 5.02 Å². The first-order valence-electron chi connectivity index (χ1n) is 10.4. The highest BCUT2D eigenvalue weighted by molar-refractivity contribution is 6.30. The third-order valence-electron chi connectivity index (χ3n) is 5.33. The monoisotopic (exact) mass is 439 g/mol. The van der Waals surface area contributed by atoms with Crippen LogP contribution in [-0.4, -0.2) is 50.3 Å². The Balaban J connectivity index is 1.48. The van der Waals surface area contributed by atoms with E-state index in [-0.39, 0.29) is 18.6 Å². The van der Waals surface area contributed by atoms with Crippen LogP contribution in [0.4, 0.5) is 0 Å². The Morgan fingerprint density at radius 3 is 2.74 bits per heavy atom. The Morgan fingerprint density at radius 2 is 2.00 bits per heavy atom. The summed E-state index contributed by atoms with van der Waals surface area (Å²) in [5.41, 5.74) is 4.06. The van der Waals surface area contributed by atoms with Gasteiger partial charge in [-0.1, -0.05) is 23.7 Å². The number of aromatic nitrogens is 4. The first-order chi connectivity index (χ1) is 14.9. The van der Waals surface area contributed by atoms with Gasteiger partial charge in [0.15, 0.2) is 0 Å². The number of morpholine rings is 1. The normalized spacial score (nSPS) is 16.5. The van der Waals surface area contributed by atoms with Gasteiger partial charge in [-0.05, 0) is 62.6 Å². The van der Waals surface area contributed by atoms with Crippen molar-refractivity contribution in [1.82, 2.24) is 24.6 Å². The summed E-state index contributed by atoms with van der Waals surface area (Å²) in [5.74, 6) is 1.41. The Labute approximate surface area is 187 Å². The van der Waals surface area contributed by atoms with E-state index in [2.05, 4.69) is 28.3 Å². The van der Waals surface area contributed by atoms with E-state index < -0.39 is 0 Å². The Morgan fingerprint density at radius 1 is 1.16 bits per heavy atom. The number of carbonyl (C=O) groups excluding carboxylic acids is 1. The van der Waals surface area contributed by atoms with Crippen LogP contribution in [0.15, 0.2) is 36.4 Å². The van der Waals surface area contributed by atoms with Crippen LogP contribution in [0.3, 0.4) is 0 Å². The zero-order valence-corrected chi connectivity index (χ0v) is 18.8. The summed E-state index contributed by atoms with van der Waals surface area (Å²) < 4.78 is 7.64. The molecule has 0 bridgehead atoms. The number of rotatable bonds is 5. The van der Waals surface area contributed by atoms with E-state index in [9.17, 15) is 4.79 Å². The van der Waals surface area contributed by atoms with Gasteiger partial charge in [-0.3, -0.25) is 9.78 Å². The number of ether oxygens (including phenoxy) is 1. The number of benzene rings is 1. The molecule has 1 aromatic carbocycles. The summed E-state index contributed by atoms with van der Waals surface area (Å²) in [6.07, 6.45) is 0.506. The quantitative estimate of drug-likeness (QED) is 0.608. The van der Waals surface area contributed by atoms with Crippen molar-refractivity contribution >= 4 is 17.5 Å². The van der Waals surface area contributed by atoms with Crippen molar-refractivity contribution in [1.29, 1.82) is 0 Å². The fourth-order valence-electron chi connectivity index (χ4n) is 3.91. The number of aryl methyl sites for hydroxylation is 3. The predicted molar refractivity (Wildman–Crippen MR) is 118 cm³/mol. The van der Waals surface area contributed by atoms with Gasteiger partial charge in [-0.25, -0.2) is 9.67 Å². The molecule has 1 aliphatic heterocycles. The number of hydrogen-bond donors (Lipinski definition) is 0. The van der Waals surface area contributed by atoms with E-state index in [1.54, 1.807) is 4.68 Å². The lowest BCUT2D eigenvalue weighted by Crippen LogP contribution is -2.44. The third kappa shape index (κ3) is 5.29. The van der Waals surface area contributed by atoms with E-state index in [0.717, 1.165) is 39.8 Å². The molecule has 1 aliphatic rings. The lowest BCUT2D eigenvalue weighted by Gasteiger charge is -2.33. The van der Waals surface area contributed by atoms with Gasteiger partial charge in [0.2, 0.25) is 5.91 Å². The topological polar surface area (TPSA) is 73.1 Å². The number of nitrogens with zero attached hydrogens (tertiary/aromatic N) is 5. The van der Waals surface area contributed by atoms with Crippen LogP contribution >= 0.6 is 11.6 Å². The molecular formula is C23H26ClN5O2. The molecular weight excluding hydrogens is 414 g/mol. The van der Waals surface area contributed by atoms with Gasteiger partial charge in [0, 0.05) is 17.3 Å². The first-order valence-corrected chi connectivity index (χ1v) is 10.7. The molecule has 3 aromatic rings. The highest BCUT2D eigenvalue weighted by Gasteiger charge is 2.27. The largest absolute Gasteiger partial charge is 0.368 e. The van der Waals surface area contributed by atoms with E-state index in [0.29, 0.717) is 25.5 Å². The van der Waals surface area contributed by atoms with Crippen LogP contribution < -0.4 is 0 Å². The SMILES string of the molecule is Cc1cc(Cc2cccc(Cl)c2)cc([C@@H]2CN(C(=O)Cn3nc(C)nc3C)CCO2)n1. The maximum Gasteiger partial charge on any atom is 0.244 e. The minimum Gasteiger partial charge on any atom is -0.368 e. The Bertz CT molecular complexity index is 1100. The van der Waals surface area contributed by atoms with Gasteiger partial charge >= 0.3 is 0 Å². The Hall–Kier alpha value is -2.77. The van der Waals surface area contributed by atoms with Crippen molar-refractivity contribution in [2.24, 2.45) is 0 Å². The van der Waals surface area contributed by atoms with Crippen molar-refractivity contribution in [3.05, 3.63) is 75.6 Å². The second kappa shape index (κ2) is 9.16. The van der Waals surface area contributed by atoms with Gasteiger partial charge in [-0.2, -0.15) is 5.10 Å². The van der Waals surface area contributed by atoms with E-state index >= 15 is 0 Å². The molecule has 0 aliphatic carbocycles. The average Bonchev–Trinajstić information content (AvgIpc) is 3.04. The van der Waals surface area contributed by atoms with Gasteiger partial charge in [-0.15, -0.1) is 0 Å². The second-order valence-corrected chi connectivity index (χ2v) is 8.35. The minimum absolute atomic E-state index is 0.00750. The number of hydrogen-bond acceptors (Lipinski definition) is 5. The van der Waals surface area contributed by atoms with Gasteiger partial charge in [0.05, 0.1) is 18.8 Å². The molecule has 4 rings (SSSR count). The molecule has 2 aromatic heterocycles. The standard InChI is InChI=1S/C23H26ClN5O2/c1-15-9-19(10-18-5-4-6-20(24)11-18)12-21(25-15)22-13-28(7-8-31-22)23(30)14-29-17(3)26-16(2)27-29/h4-6,9,11-12,22H,7-8,10,13-14H2,1-3H3/t22-/m0/s1. The summed E-state index contributed by atoms with van der Waals surface area (Å²) in [6, 6.07) is 12.0. The molecule has 3 heterocycles. The van der Waals surface area contributed by atoms with E-state index in [1.807, 2.05) is 43.9 Å². The van der Waals surface area contributed by atoms with Crippen LogP contribution in [0.1, 0.15) is 40.3 Å². The fraction of sp³-hybridized carbons (Fsp3) is 0.391. The molecule has 0 saturated carbocycles. The molecule has 8 heteroatoms. The molecule has 0 radical (unpaired) electrons. The molecule has 1 amide bonds. The zero-order chi connectivity index (χ0) is 22.0. The highest BCUT2D eigenvalue weighted by Crippen LogP contribution is 2.24. The summed E-state index contributed by atoms with van der Waals surface area (Å²) >= 11 is 6.13. The summed E-state index contributed by atoms with van der Waals surface area (Å²) in [5, 5.41) is 5.02. The van der Waals surface area contributed by atoms with Crippen molar-refractivity contribution < 1.29 is 9.53 Å². The maximum atomic E-state index is 12.9. The number of amides is 1. The maximum absolute atomic E-state index is 12.9. The van der Waals surface area contributed by atoms with Crippen LogP contribution in [0.25, 0.3) is 0 Å². The summed E-state index contributed by atoms with van der Waals surface area (Å²) in [4.78, 5) is 23.7. The number of pyridine rings is 1. The molecule has 1 saturated heterocycles.